The van der Waals surface area contributed by atoms with E-state index in [9.17, 15) is 9.18 Å². The molecule has 0 aliphatic heterocycles. The van der Waals surface area contributed by atoms with E-state index in [0.717, 1.165) is 5.69 Å². The summed E-state index contributed by atoms with van der Waals surface area (Å²) in [7, 11) is 0. The maximum Gasteiger partial charge on any atom is 0.277 e. The van der Waals surface area contributed by atoms with Crippen molar-refractivity contribution in [3.63, 3.8) is 0 Å². The number of benzene rings is 2. The number of para-hydroxylation sites is 1. The monoisotopic (exact) mass is 370 g/mol. The molecule has 0 fully saturated rings. The summed E-state index contributed by atoms with van der Waals surface area (Å²) >= 11 is 5.78. The Morgan fingerprint density at radius 3 is 2.62 bits per heavy atom. The molecule has 3 aromatic rings. The van der Waals surface area contributed by atoms with Crippen LogP contribution in [0.2, 0.25) is 5.02 Å². The zero-order chi connectivity index (χ0) is 18.5. The van der Waals surface area contributed by atoms with Gasteiger partial charge in [0.25, 0.3) is 5.91 Å². The van der Waals surface area contributed by atoms with E-state index in [2.05, 4.69) is 15.3 Å². The van der Waals surface area contributed by atoms with Crippen molar-refractivity contribution in [2.45, 2.75) is 6.92 Å². The van der Waals surface area contributed by atoms with E-state index >= 15 is 0 Å². The highest BCUT2D eigenvalue weighted by atomic mass is 35.5. The lowest BCUT2D eigenvalue weighted by Crippen LogP contribution is -2.31. The van der Waals surface area contributed by atoms with Crippen molar-refractivity contribution in [2.24, 2.45) is 0 Å². The lowest BCUT2D eigenvalue weighted by atomic mass is 10.2. The molecule has 26 heavy (non-hydrogen) atoms. The summed E-state index contributed by atoms with van der Waals surface area (Å²) in [4.78, 5) is 22.6. The van der Waals surface area contributed by atoms with Crippen LogP contribution in [0.1, 0.15) is 17.4 Å². The van der Waals surface area contributed by atoms with Gasteiger partial charge < -0.3 is 10.2 Å². The van der Waals surface area contributed by atoms with Gasteiger partial charge in [0.1, 0.15) is 23.7 Å². The van der Waals surface area contributed by atoms with Gasteiger partial charge in [0.15, 0.2) is 0 Å². The average Bonchev–Trinajstić information content (AvgIpc) is 2.66. The van der Waals surface area contributed by atoms with Crippen LogP contribution in [-0.2, 0) is 0 Å². The maximum absolute atomic E-state index is 13.3. The SMILES string of the molecule is CCN(C(=O)c1cc(Nc2ccc(F)c(Cl)c2)ncn1)c1ccccc1. The molecule has 0 spiro atoms. The average molecular weight is 371 g/mol. The molecule has 0 unspecified atom stereocenters. The van der Waals surface area contributed by atoms with Crippen LogP contribution in [0, 0.1) is 5.82 Å². The van der Waals surface area contributed by atoms with Crippen molar-refractivity contribution >= 4 is 34.7 Å². The molecule has 0 atom stereocenters. The number of rotatable bonds is 5. The molecule has 0 saturated heterocycles. The number of halogens is 2. The lowest BCUT2D eigenvalue weighted by Gasteiger charge is -2.20. The summed E-state index contributed by atoms with van der Waals surface area (Å²) in [6, 6.07) is 15.1. The molecule has 2 aromatic carbocycles. The highest BCUT2D eigenvalue weighted by molar-refractivity contribution is 6.31. The van der Waals surface area contributed by atoms with Crippen LogP contribution in [0.3, 0.4) is 0 Å². The molecule has 0 radical (unpaired) electrons. The third-order valence-corrected chi connectivity index (χ3v) is 4.00. The first-order valence-electron chi connectivity index (χ1n) is 7.99. The minimum absolute atomic E-state index is 0.00147. The largest absolute Gasteiger partial charge is 0.340 e. The number of carbonyl (C=O) groups is 1. The van der Waals surface area contributed by atoms with E-state index in [-0.39, 0.29) is 16.6 Å². The van der Waals surface area contributed by atoms with Crippen molar-refractivity contribution in [3.8, 4) is 0 Å². The zero-order valence-electron chi connectivity index (χ0n) is 14.0. The van der Waals surface area contributed by atoms with Crippen LogP contribution in [0.25, 0.3) is 0 Å². The molecule has 7 heteroatoms. The van der Waals surface area contributed by atoms with Crippen LogP contribution in [0.5, 0.6) is 0 Å². The fourth-order valence-electron chi connectivity index (χ4n) is 2.45. The predicted octanol–water partition coefficient (Wildman–Crippen LogP) is 4.68. The molecular weight excluding hydrogens is 355 g/mol. The van der Waals surface area contributed by atoms with Gasteiger partial charge in [0, 0.05) is 24.0 Å². The Morgan fingerprint density at radius 2 is 1.92 bits per heavy atom. The van der Waals surface area contributed by atoms with Crippen LogP contribution in [0.15, 0.2) is 60.9 Å². The Morgan fingerprint density at radius 1 is 1.15 bits per heavy atom. The molecular formula is C19H16ClFN4O. The number of amides is 1. The molecule has 132 valence electrons. The number of hydrogen-bond acceptors (Lipinski definition) is 4. The van der Waals surface area contributed by atoms with Gasteiger partial charge in [-0.25, -0.2) is 14.4 Å². The summed E-state index contributed by atoms with van der Waals surface area (Å²) in [5.41, 5.74) is 1.60. The van der Waals surface area contributed by atoms with Gasteiger partial charge >= 0.3 is 0 Å². The van der Waals surface area contributed by atoms with Crippen molar-refractivity contribution in [2.75, 3.05) is 16.8 Å². The molecule has 0 aliphatic rings. The fourth-order valence-corrected chi connectivity index (χ4v) is 2.63. The van der Waals surface area contributed by atoms with Crippen molar-refractivity contribution in [1.82, 2.24) is 9.97 Å². The van der Waals surface area contributed by atoms with Crippen molar-refractivity contribution < 1.29 is 9.18 Å². The van der Waals surface area contributed by atoms with Gasteiger partial charge in [-0.1, -0.05) is 29.8 Å². The first-order valence-corrected chi connectivity index (χ1v) is 8.37. The minimum atomic E-state index is -0.503. The topological polar surface area (TPSA) is 58.1 Å². The van der Waals surface area contributed by atoms with Gasteiger partial charge in [0.2, 0.25) is 0 Å². The summed E-state index contributed by atoms with van der Waals surface area (Å²) in [6.45, 7) is 2.40. The normalized spacial score (nSPS) is 10.4. The van der Waals surface area contributed by atoms with Gasteiger partial charge in [-0.3, -0.25) is 4.79 Å². The Bertz CT molecular complexity index is 920. The van der Waals surface area contributed by atoms with Crippen LogP contribution in [0.4, 0.5) is 21.6 Å². The van der Waals surface area contributed by atoms with Gasteiger partial charge in [-0.2, -0.15) is 0 Å². The first-order chi connectivity index (χ1) is 12.6. The Labute approximate surface area is 155 Å². The number of aromatic nitrogens is 2. The second-order valence-corrected chi connectivity index (χ2v) is 5.83. The highest BCUT2D eigenvalue weighted by Crippen LogP contribution is 2.22. The van der Waals surface area contributed by atoms with Gasteiger partial charge in [0.05, 0.1) is 5.02 Å². The van der Waals surface area contributed by atoms with E-state index in [1.807, 2.05) is 37.3 Å². The Hall–Kier alpha value is -2.99. The lowest BCUT2D eigenvalue weighted by molar-refractivity contribution is 0.0983. The molecule has 3 rings (SSSR count). The number of nitrogens with zero attached hydrogens (tertiary/aromatic N) is 3. The quantitative estimate of drug-likeness (QED) is 0.708. The molecule has 1 amide bonds. The Balaban J connectivity index is 1.84. The summed E-state index contributed by atoms with van der Waals surface area (Å²) < 4.78 is 13.3. The van der Waals surface area contributed by atoms with E-state index in [4.69, 9.17) is 11.6 Å². The summed E-state index contributed by atoms with van der Waals surface area (Å²) in [5.74, 6) is -0.325. The smallest absolute Gasteiger partial charge is 0.277 e. The molecule has 0 saturated carbocycles. The number of anilines is 3. The summed E-state index contributed by atoms with van der Waals surface area (Å²) in [5, 5.41) is 2.99. The second-order valence-electron chi connectivity index (χ2n) is 5.43. The zero-order valence-corrected chi connectivity index (χ0v) is 14.7. The van der Waals surface area contributed by atoms with Crippen LogP contribution < -0.4 is 10.2 Å². The maximum atomic E-state index is 13.3. The summed E-state index contributed by atoms with van der Waals surface area (Å²) in [6.07, 6.45) is 1.31. The first kappa shape index (κ1) is 17.8. The van der Waals surface area contributed by atoms with E-state index in [1.54, 1.807) is 11.0 Å². The highest BCUT2D eigenvalue weighted by Gasteiger charge is 2.18. The number of hydrogen-bond donors (Lipinski definition) is 1. The van der Waals surface area contributed by atoms with Crippen LogP contribution >= 0.6 is 11.6 Å². The predicted molar refractivity (Wildman–Crippen MR) is 101 cm³/mol. The van der Waals surface area contributed by atoms with Gasteiger partial charge in [-0.15, -0.1) is 0 Å². The standard InChI is InChI=1S/C19H16ClFN4O/c1-2-25(14-6-4-3-5-7-14)19(26)17-11-18(23-12-22-17)24-13-8-9-16(21)15(20)10-13/h3-12H,2H2,1H3,(H,22,23,24). The molecule has 0 aliphatic carbocycles. The molecule has 1 heterocycles. The number of carbonyl (C=O) groups excluding carboxylic acids is 1. The molecule has 1 N–H and O–H groups in total. The molecule has 5 nitrogen and oxygen atoms in total. The molecule has 0 bridgehead atoms. The van der Waals surface area contributed by atoms with E-state index < -0.39 is 5.82 Å². The third-order valence-electron chi connectivity index (χ3n) is 3.71. The minimum Gasteiger partial charge on any atom is -0.340 e. The number of nitrogens with one attached hydrogen (secondary N) is 1. The van der Waals surface area contributed by atoms with E-state index in [0.29, 0.717) is 18.1 Å². The Kier molecular flexibility index (Phi) is 5.43. The van der Waals surface area contributed by atoms with Crippen LogP contribution in [-0.4, -0.2) is 22.4 Å². The van der Waals surface area contributed by atoms with Gasteiger partial charge in [-0.05, 0) is 37.3 Å². The molecule has 1 aromatic heterocycles. The van der Waals surface area contributed by atoms with Crippen molar-refractivity contribution in [1.29, 1.82) is 0 Å². The second kappa shape index (κ2) is 7.93. The van der Waals surface area contributed by atoms with E-state index in [1.165, 1.54) is 24.5 Å². The van der Waals surface area contributed by atoms with Crippen molar-refractivity contribution in [3.05, 3.63) is 77.5 Å². The third kappa shape index (κ3) is 3.97. The fraction of sp³-hybridized carbons (Fsp3) is 0.105.